The standard InChI is InChI=1S/C11H12BrNO5/c1-3-17-11(14)7(2)18-10-5-4-8(12)6-9(10)13(15)16/h4-7H,3H2,1-2H3. The molecule has 0 saturated heterocycles. The zero-order valence-electron chi connectivity index (χ0n) is 9.88. The highest BCUT2D eigenvalue weighted by Gasteiger charge is 2.22. The highest BCUT2D eigenvalue weighted by Crippen LogP contribution is 2.30. The number of hydrogen-bond donors (Lipinski definition) is 0. The average Bonchev–Trinajstić information content (AvgIpc) is 2.31. The molecular weight excluding hydrogens is 306 g/mol. The van der Waals surface area contributed by atoms with Crippen LogP contribution in [0.3, 0.4) is 0 Å². The van der Waals surface area contributed by atoms with E-state index in [0.29, 0.717) is 4.47 Å². The molecule has 6 nitrogen and oxygen atoms in total. The smallest absolute Gasteiger partial charge is 0.347 e. The molecule has 0 aromatic heterocycles. The minimum Gasteiger partial charge on any atom is -0.472 e. The van der Waals surface area contributed by atoms with Gasteiger partial charge in [-0.1, -0.05) is 15.9 Å². The summed E-state index contributed by atoms with van der Waals surface area (Å²) in [4.78, 5) is 21.6. The highest BCUT2D eigenvalue weighted by atomic mass is 79.9. The van der Waals surface area contributed by atoms with Crippen molar-refractivity contribution in [3.63, 3.8) is 0 Å². The minimum absolute atomic E-state index is 0.0313. The summed E-state index contributed by atoms with van der Waals surface area (Å²) < 4.78 is 10.6. The molecule has 7 heteroatoms. The second kappa shape index (κ2) is 6.34. The third kappa shape index (κ3) is 3.69. The number of nitro benzene ring substituents is 1. The third-order valence-electron chi connectivity index (χ3n) is 2.04. The Morgan fingerprint density at radius 2 is 2.22 bits per heavy atom. The third-order valence-corrected chi connectivity index (χ3v) is 2.53. The lowest BCUT2D eigenvalue weighted by Crippen LogP contribution is -2.26. The molecule has 0 bridgehead atoms. The van der Waals surface area contributed by atoms with E-state index in [1.807, 2.05) is 0 Å². The van der Waals surface area contributed by atoms with E-state index in [9.17, 15) is 14.9 Å². The Morgan fingerprint density at radius 3 is 2.78 bits per heavy atom. The molecule has 1 rings (SSSR count). The number of nitro groups is 1. The normalized spacial score (nSPS) is 11.7. The molecule has 0 aliphatic rings. The van der Waals surface area contributed by atoms with Crippen LogP contribution in [0.1, 0.15) is 13.8 Å². The van der Waals surface area contributed by atoms with Gasteiger partial charge in [-0.3, -0.25) is 10.1 Å². The minimum atomic E-state index is -0.898. The average molecular weight is 318 g/mol. The zero-order valence-corrected chi connectivity index (χ0v) is 11.5. The molecule has 1 aromatic carbocycles. The Hall–Kier alpha value is -1.63. The van der Waals surface area contributed by atoms with Gasteiger partial charge in [0.25, 0.3) is 0 Å². The Morgan fingerprint density at radius 1 is 1.56 bits per heavy atom. The summed E-state index contributed by atoms with van der Waals surface area (Å²) in [5.74, 6) is -0.529. The van der Waals surface area contributed by atoms with E-state index in [1.165, 1.54) is 19.1 Å². The van der Waals surface area contributed by atoms with Crippen LogP contribution in [-0.2, 0) is 9.53 Å². The van der Waals surface area contributed by atoms with Crippen LogP contribution in [0.5, 0.6) is 5.75 Å². The number of esters is 1. The number of rotatable bonds is 5. The quantitative estimate of drug-likeness (QED) is 0.474. The number of halogens is 1. The summed E-state index contributed by atoms with van der Waals surface area (Å²) in [6.07, 6.45) is -0.898. The first-order valence-corrected chi connectivity index (χ1v) is 6.02. The van der Waals surface area contributed by atoms with Gasteiger partial charge >= 0.3 is 11.7 Å². The van der Waals surface area contributed by atoms with E-state index in [-0.39, 0.29) is 18.0 Å². The predicted molar refractivity (Wildman–Crippen MR) is 67.5 cm³/mol. The highest BCUT2D eigenvalue weighted by molar-refractivity contribution is 9.10. The Labute approximate surface area is 112 Å². The topological polar surface area (TPSA) is 78.7 Å². The van der Waals surface area contributed by atoms with Crippen LogP contribution in [0.15, 0.2) is 22.7 Å². The second-order valence-corrected chi connectivity index (χ2v) is 4.30. The van der Waals surface area contributed by atoms with Crippen LogP contribution < -0.4 is 4.74 Å². The van der Waals surface area contributed by atoms with Gasteiger partial charge in [0.15, 0.2) is 11.9 Å². The lowest BCUT2D eigenvalue weighted by molar-refractivity contribution is -0.386. The Balaban J connectivity index is 2.90. The van der Waals surface area contributed by atoms with Crippen LogP contribution in [0.2, 0.25) is 0 Å². The van der Waals surface area contributed by atoms with Gasteiger partial charge in [-0.2, -0.15) is 0 Å². The summed E-state index contributed by atoms with van der Waals surface area (Å²) in [5, 5.41) is 10.8. The second-order valence-electron chi connectivity index (χ2n) is 3.38. The lowest BCUT2D eigenvalue weighted by atomic mass is 10.3. The summed E-state index contributed by atoms with van der Waals surface area (Å²) in [6, 6.07) is 4.34. The molecule has 0 aliphatic carbocycles. The first kappa shape index (κ1) is 14.4. The summed E-state index contributed by atoms with van der Waals surface area (Å²) >= 11 is 3.13. The van der Waals surface area contributed by atoms with Crippen LogP contribution in [0.4, 0.5) is 5.69 Å². The van der Waals surface area contributed by atoms with Crippen molar-refractivity contribution < 1.29 is 19.2 Å². The van der Waals surface area contributed by atoms with E-state index in [4.69, 9.17) is 9.47 Å². The van der Waals surface area contributed by atoms with Gasteiger partial charge in [-0.05, 0) is 26.0 Å². The number of hydrogen-bond acceptors (Lipinski definition) is 5. The fourth-order valence-electron chi connectivity index (χ4n) is 1.23. The maximum Gasteiger partial charge on any atom is 0.347 e. The number of nitrogens with zero attached hydrogens (tertiary/aromatic N) is 1. The molecule has 0 N–H and O–H groups in total. The van der Waals surface area contributed by atoms with Crippen LogP contribution >= 0.6 is 15.9 Å². The van der Waals surface area contributed by atoms with Gasteiger partial charge in [-0.25, -0.2) is 4.79 Å². The van der Waals surface area contributed by atoms with E-state index in [1.54, 1.807) is 13.0 Å². The van der Waals surface area contributed by atoms with E-state index in [2.05, 4.69) is 15.9 Å². The van der Waals surface area contributed by atoms with Crippen LogP contribution in [-0.4, -0.2) is 23.6 Å². The SMILES string of the molecule is CCOC(=O)C(C)Oc1ccc(Br)cc1[N+](=O)[O-]. The monoisotopic (exact) mass is 317 g/mol. The molecule has 1 aromatic rings. The van der Waals surface area contributed by atoms with Gasteiger partial charge < -0.3 is 9.47 Å². The first-order valence-electron chi connectivity index (χ1n) is 5.23. The van der Waals surface area contributed by atoms with Crippen molar-refractivity contribution >= 4 is 27.6 Å². The largest absolute Gasteiger partial charge is 0.472 e. The molecule has 98 valence electrons. The number of benzene rings is 1. The maximum atomic E-state index is 11.4. The zero-order chi connectivity index (χ0) is 13.7. The molecule has 0 saturated carbocycles. The molecule has 0 spiro atoms. The summed E-state index contributed by atoms with van der Waals surface area (Å²) in [7, 11) is 0. The van der Waals surface area contributed by atoms with E-state index >= 15 is 0 Å². The maximum absolute atomic E-state index is 11.4. The van der Waals surface area contributed by atoms with Gasteiger partial charge in [0.05, 0.1) is 11.5 Å². The number of carbonyl (C=O) groups is 1. The first-order chi connectivity index (χ1) is 8.45. The van der Waals surface area contributed by atoms with Crippen molar-refractivity contribution in [1.29, 1.82) is 0 Å². The van der Waals surface area contributed by atoms with Crippen LogP contribution in [0.25, 0.3) is 0 Å². The fourth-order valence-corrected chi connectivity index (χ4v) is 1.58. The molecule has 0 fully saturated rings. The van der Waals surface area contributed by atoms with E-state index in [0.717, 1.165) is 0 Å². The van der Waals surface area contributed by atoms with Crippen molar-refractivity contribution in [3.05, 3.63) is 32.8 Å². The van der Waals surface area contributed by atoms with Crippen molar-refractivity contribution in [3.8, 4) is 5.75 Å². The predicted octanol–water partition coefficient (Wildman–Crippen LogP) is 2.69. The van der Waals surface area contributed by atoms with Gasteiger partial charge in [0.2, 0.25) is 0 Å². The fraction of sp³-hybridized carbons (Fsp3) is 0.364. The van der Waals surface area contributed by atoms with Crippen molar-refractivity contribution in [2.75, 3.05) is 6.61 Å². The van der Waals surface area contributed by atoms with E-state index < -0.39 is 17.0 Å². The molecule has 1 atom stereocenters. The number of carbonyl (C=O) groups excluding carboxylic acids is 1. The van der Waals surface area contributed by atoms with Gasteiger partial charge in [-0.15, -0.1) is 0 Å². The summed E-state index contributed by atoms with van der Waals surface area (Å²) in [5.41, 5.74) is -0.208. The van der Waals surface area contributed by atoms with Crippen molar-refractivity contribution in [2.24, 2.45) is 0 Å². The molecule has 0 radical (unpaired) electrons. The molecule has 0 aliphatic heterocycles. The molecule has 0 amide bonds. The Bertz CT molecular complexity index is 463. The van der Waals surface area contributed by atoms with Crippen molar-refractivity contribution in [1.82, 2.24) is 0 Å². The number of ether oxygens (including phenoxy) is 2. The van der Waals surface area contributed by atoms with Gasteiger partial charge in [0.1, 0.15) is 0 Å². The molecule has 1 unspecified atom stereocenters. The molecule has 18 heavy (non-hydrogen) atoms. The van der Waals surface area contributed by atoms with Crippen LogP contribution in [0, 0.1) is 10.1 Å². The van der Waals surface area contributed by atoms with Gasteiger partial charge in [0, 0.05) is 10.5 Å². The molecule has 0 heterocycles. The van der Waals surface area contributed by atoms with Crippen molar-refractivity contribution in [2.45, 2.75) is 20.0 Å². The lowest BCUT2D eigenvalue weighted by Gasteiger charge is -2.13. The summed E-state index contributed by atoms with van der Waals surface area (Å²) in [6.45, 7) is 3.38. The molecular formula is C11H12BrNO5. The Kier molecular flexibility index (Phi) is 5.08.